The molecule has 1 aliphatic rings. The van der Waals surface area contributed by atoms with E-state index in [9.17, 15) is 28.1 Å². The Labute approximate surface area is 115 Å². The maximum atomic E-state index is 12.7. The largest absolute Gasteiger partial charge is 0.411 e. The van der Waals surface area contributed by atoms with E-state index in [0.717, 1.165) is 6.07 Å². The van der Waals surface area contributed by atoms with Gasteiger partial charge in [0.05, 0.1) is 4.92 Å². The molecule has 1 aliphatic carbocycles. The number of hydrogen-bond donors (Lipinski definition) is 1. The topological polar surface area (TPSA) is 72.2 Å². The summed E-state index contributed by atoms with van der Waals surface area (Å²) in [6.07, 6.45) is -5.07. The number of nitrogens with one attached hydrogen (secondary N) is 1. The second-order valence-electron chi connectivity index (χ2n) is 4.43. The maximum absolute atomic E-state index is 12.7. The summed E-state index contributed by atoms with van der Waals surface area (Å²) in [5, 5.41) is 12.4. The summed E-state index contributed by atoms with van der Waals surface area (Å²) in [6.45, 7) is 0. The number of nitrogens with zero attached hydrogens (tertiary/aromatic N) is 1. The number of amides is 1. The van der Waals surface area contributed by atoms with Crippen molar-refractivity contribution >= 4 is 23.2 Å². The van der Waals surface area contributed by atoms with Crippen LogP contribution in [0.25, 0.3) is 0 Å². The zero-order chi connectivity index (χ0) is 15.1. The zero-order valence-corrected chi connectivity index (χ0v) is 10.6. The minimum absolute atomic E-state index is 0.239. The van der Waals surface area contributed by atoms with Crippen LogP contribution in [-0.2, 0) is 0 Å². The van der Waals surface area contributed by atoms with E-state index in [0.29, 0.717) is 0 Å². The molecule has 1 N–H and O–H groups in total. The van der Waals surface area contributed by atoms with E-state index in [1.165, 1.54) is 12.1 Å². The van der Waals surface area contributed by atoms with Gasteiger partial charge < -0.3 is 5.32 Å². The van der Waals surface area contributed by atoms with Gasteiger partial charge in [0.2, 0.25) is 0 Å². The summed E-state index contributed by atoms with van der Waals surface area (Å²) < 4.78 is 38.2. The predicted octanol–water partition coefficient (Wildman–Crippen LogP) is 3.07. The maximum Gasteiger partial charge on any atom is 0.411 e. The Morgan fingerprint density at radius 3 is 2.45 bits per heavy atom. The molecule has 5 nitrogen and oxygen atoms in total. The number of hydrogen-bond acceptors (Lipinski definition) is 3. The first-order chi connectivity index (χ1) is 9.18. The third-order valence-electron chi connectivity index (χ3n) is 3.06. The van der Waals surface area contributed by atoms with Gasteiger partial charge in [0.1, 0.15) is 16.1 Å². The molecule has 0 aromatic heterocycles. The highest BCUT2D eigenvalue weighted by atomic mass is 35.5. The first-order valence-electron chi connectivity index (χ1n) is 5.50. The van der Waals surface area contributed by atoms with E-state index >= 15 is 0 Å². The predicted molar refractivity (Wildman–Crippen MR) is 63.6 cm³/mol. The van der Waals surface area contributed by atoms with Crippen molar-refractivity contribution in [3.8, 4) is 0 Å². The minimum Gasteiger partial charge on any atom is -0.338 e. The third kappa shape index (κ3) is 2.43. The minimum atomic E-state index is -4.59. The number of carbonyl (C=O) groups is 1. The lowest BCUT2D eigenvalue weighted by molar-refractivity contribution is -0.385. The molecular weight excluding hydrogens is 301 g/mol. The summed E-state index contributed by atoms with van der Waals surface area (Å²) in [7, 11) is 0. The first kappa shape index (κ1) is 14.6. The van der Waals surface area contributed by atoms with Crippen LogP contribution < -0.4 is 5.32 Å². The van der Waals surface area contributed by atoms with E-state index in [1.807, 2.05) is 5.32 Å². The number of alkyl halides is 3. The lowest BCUT2D eigenvalue weighted by Gasteiger charge is -2.20. The first-order valence-corrected chi connectivity index (χ1v) is 5.88. The number of benzene rings is 1. The molecule has 20 heavy (non-hydrogen) atoms. The van der Waals surface area contributed by atoms with Gasteiger partial charge >= 0.3 is 11.9 Å². The fraction of sp³-hybridized carbons (Fsp3) is 0.364. The average Bonchev–Trinajstić information content (AvgIpc) is 3.08. The van der Waals surface area contributed by atoms with Gasteiger partial charge in [-0.15, -0.1) is 0 Å². The van der Waals surface area contributed by atoms with Crippen molar-refractivity contribution < 1.29 is 22.9 Å². The van der Waals surface area contributed by atoms with Gasteiger partial charge in [-0.1, -0.05) is 17.7 Å². The van der Waals surface area contributed by atoms with Crippen molar-refractivity contribution in [1.29, 1.82) is 0 Å². The summed E-state index contributed by atoms with van der Waals surface area (Å²) in [5.41, 5.74) is -3.47. The molecule has 0 radical (unpaired) electrons. The van der Waals surface area contributed by atoms with E-state index in [-0.39, 0.29) is 17.9 Å². The molecule has 0 saturated heterocycles. The van der Waals surface area contributed by atoms with Crippen LogP contribution in [-0.4, -0.2) is 22.5 Å². The smallest absolute Gasteiger partial charge is 0.338 e. The number of rotatable bonds is 3. The van der Waals surface area contributed by atoms with Crippen LogP contribution in [0.1, 0.15) is 23.2 Å². The van der Waals surface area contributed by atoms with Crippen molar-refractivity contribution in [3.63, 3.8) is 0 Å². The highest BCUT2D eigenvalue weighted by Crippen LogP contribution is 2.49. The van der Waals surface area contributed by atoms with Crippen LogP contribution in [0.2, 0.25) is 5.02 Å². The Hall–Kier alpha value is -1.83. The van der Waals surface area contributed by atoms with Crippen LogP contribution in [0, 0.1) is 10.1 Å². The zero-order valence-electron chi connectivity index (χ0n) is 9.83. The molecular formula is C11H8ClF3N2O3. The van der Waals surface area contributed by atoms with E-state index < -0.39 is 33.8 Å². The molecule has 9 heteroatoms. The standard InChI is InChI=1S/C11H8ClF3N2O3/c12-7-3-1-2-6(8(7)17(19)20)9(18)16-10(4-5-10)11(13,14)15/h1-3H,4-5H2,(H,16,18). The van der Waals surface area contributed by atoms with Gasteiger partial charge in [-0.2, -0.15) is 13.2 Å². The lowest BCUT2D eigenvalue weighted by Crippen LogP contribution is -2.47. The van der Waals surface area contributed by atoms with Gasteiger partial charge in [0.15, 0.2) is 0 Å². The quantitative estimate of drug-likeness (QED) is 0.689. The van der Waals surface area contributed by atoms with E-state index in [2.05, 4.69) is 0 Å². The summed E-state index contributed by atoms with van der Waals surface area (Å²) in [5.74, 6) is -1.16. The van der Waals surface area contributed by atoms with Crippen molar-refractivity contribution in [3.05, 3.63) is 38.9 Å². The fourth-order valence-corrected chi connectivity index (χ4v) is 2.02. The molecule has 0 spiro atoms. The Morgan fingerprint density at radius 1 is 1.40 bits per heavy atom. The molecule has 1 aromatic rings. The van der Waals surface area contributed by atoms with Crippen LogP contribution in [0.5, 0.6) is 0 Å². The average molecular weight is 309 g/mol. The van der Waals surface area contributed by atoms with E-state index in [4.69, 9.17) is 11.6 Å². The number of halogens is 4. The molecule has 1 saturated carbocycles. The van der Waals surface area contributed by atoms with Crippen molar-refractivity contribution in [1.82, 2.24) is 5.32 Å². The normalized spacial score (nSPS) is 16.6. The molecule has 1 aromatic carbocycles. The molecule has 108 valence electrons. The Bertz CT molecular complexity index is 585. The fourth-order valence-electron chi connectivity index (χ4n) is 1.77. The van der Waals surface area contributed by atoms with Crippen LogP contribution in [0.15, 0.2) is 18.2 Å². The highest BCUT2D eigenvalue weighted by Gasteiger charge is 2.64. The van der Waals surface area contributed by atoms with Crippen LogP contribution >= 0.6 is 11.6 Å². The second-order valence-corrected chi connectivity index (χ2v) is 4.83. The summed E-state index contributed by atoms with van der Waals surface area (Å²) in [6, 6.07) is 3.51. The highest BCUT2D eigenvalue weighted by molar-refractivity contribution is 6.33. The Balaban J connectivity index is 2.32. The number of carbonyl (C=O) groups excluding carboxylic acids is 1. The SMILES string of the molecule is O=C(NC1(C(F)(F)F)CC1)c1cccc(Cl)c1[N+](=O)[O-]. The molecule has 0 bridgehead atoms. The van der Waals surface area contributed by atoms with Crippen molar-refractivity contribution in [2.75, 3.05) is 0 Å². The van der Waals surface area contributed by atoms with Gasteiger partial charge in [-0.05, 0) is 25.0 Å². The van der Waals surface area contributed by atoms with Crippen LogP contribution in [0.3, 0.4) is 0 Å². The number of para-hydroxylation sites is 1. The van der Waals surface area contributed by atoms with Crippen molar-refractivity contribution in [2.24, 2.45) is 0 Å². The summed E-state index contributed by atoms with van der Waals surface area (Å²) >= 11 is 5.60. The Morgan fingerprint density at radius 2 is 2.00 bits per heavy atom. The van der Waals surface area contributed by atoms with E-state index in [1.54, 1.807) is 0 Å². The number of nitro groups is 1. The Kier molecular flexibility index (Phi) is 3.37. The number of nitro benzene ring substituents is 1. The van der Waals surface area contributed by atoms with Crippen LogP contribution in [0.4, 0.5) is 18.9 Å². The molecule has 0 atom stereocenters. The van der Waals surface area contributed by atoms with Gasteiger partial charge in [0, 0.05) is 0 Å². The van der Waals surface area contributed by atoms with Gasteiger partial charge in [0.25, 0.3) is 5.91 Å². The van der Waals surface area contributed by atoms with Crippen molar-refractivity contribution in [2.45, 2.75) is 24.6 Å². The molecule has 1 amide bonds. The molecule has 0 unspecified atom stereocenters. The van der Waals surface area contributed by atoms with Gasteiger partial charge in [-0.25, -0.2) is 0 Å². The molecule has 1 fully saturated rings. The molecule has 0 aliphatic heterocycles. The lowest BCUT2D eigenvalue weighted by atomic mass is 10.1. The molecule has 0 heterocycles. The monoisotopic (exact) mass is 308 g/mol. The summed E-state index contributed by atoms with van der Waals surface area (Å²) in [4.78, 5) is 21.8. The second kappa shape index (κ2) is 4.62. The molecule has 2 rings (SSSR count). The third-order valence-corrected chi connectivity index (χ3v) is 3.36. The van der Waals surface area contributed by atoms with Gasteiger partial charge in [-0.3, -0.25) is 14.9 Å².